The second kappa shape index (κ2) is 5.17. The summed E-state index contributed by atoms with van der Waals surface area (Å²) in [5, 5.41) is 8.58. The zero-order chi connectivity index (χ0) is 12.3. The lowest BCUT2D eigenvalue weighted by Gasteiger charge is -2.26. The maximum atomic E-state index is 10.4. The molecule has 2 heteroatoms. The van der Waals surface area contributed by atoms with Gasteiger partial charge < -0.3 is 5.11 Å². The highest BCUT2D eigenvalue weighted by atomic mass is 16.4. The van der Waals surface area contributed by atoms with E-state index in [1.54, 1.807) is 6.08 Å². The minimum absolute atomic E-state index is 0.0900. The van der Waals surface area contributed by atoms with Crippen molar-refractivity contribution in [3.63, 3.8) is 0 Å². The number of hydrogen-bond acceptors (Lipinski definition) is 1. The molecule has 90 valence electrons. The molecule has 0 radical (unpaired) electrons. The van der Waals surface area contributed by atoms with Gasteiger partial charge in [0.05, 0.1) is 6.42 Å². The Hall–Kier alpha value is -1.57. The van der Waals surface area contributed by atoms with Crippen LogP contribution in [0.3, 0.4) is 0 Å². The Morgan fingerprint density at radius 3 is 2.76 bits per heavy atom. The molecule has 0 spiro atoms. The first-order valence-electron chi connectivity index (χ1n) is 6.15. The fraction of sp³-hybridized carbons (Fsp3) is 0.400. The van der Waals surface area contributed by atoms with E-state index in [1.165, 1.54) is 30.4 Å². The molecule has 0 aromatic heterocycles. The van der Waals surface area contributed by atoms with Gasteiger partial charge in [0.1, 0.15) is 0 Å². The predicted octanol–water partition coefficient (Wildman–Crippen LogP) is 3.75. The molecule has 1 N–H and O–H groups in total. The van der Waals surface area contributed by atoms with Crippen LogP contribution in [0.25, 0.3) is 6.08 Å². The third kappa shape index (κ3) is 3.19. The Balaban J connectivity index is 2.13. The summed E-state index contributed by atoms with van der Waals surface area (Å²) < 4.78 is 0. The third-order valence-electron chi connectivity index (χ3n) is 3.30. The maximum absolute atomic E-state index is 10.4. The van der Waals surface area contributed by atoms with E-state index in [2.05, 4.69) is 25.1 Å². The highest BCUT2D eigenvalue weighted by molar-refractivity contribution is 5.70. The monoisotopic (exact) mass is 230 g/mol. The standard InChI is InChI=1S/C15H18O2/c1-11-8-12(4-2-7-15(16)17)10-14(9-11)13-5-3-6-13/h2,4,8-10,13H,3,5-7H2,1H3,(H,16,17)/b4-2+. The lowest BCUT2D eigenvalue weighted by molar-refractivity contribution is -0.135. The normalized spacial score (nSPS) is 16.1. The molecule has 1 aliphatic carbocycles. The Morgan fingerprint density at radius 2 is 2.18 bits per heavy atom. The van der Waals surface area contributed by atoms with Crippen LogP contribution in [-0.4, -0.2) is 11.1 Å². The number of carboxylic acids is 1. The van der Waals surface area contributed by atoms with Crippen molar-refractivity contribution in [3.05, 3.63) is 41.0 Å². The number of carboxylic acid groups (broad SMARTS) is 1. The average molecular weight is 230 g/mol. The number of rotatable bonds is 4. The highest BCUT2D eigenvalue weighted by Gasteiger charge is 2.19. The van der Waals surface area contributed by atoms with E-state index in [1.807, 2.05) is 6.08 Å². The van der Waals surface area contributed by atoms with Crippen LogP contribution in [0.4, 0.5) is 0 Å². The largest absolute Gasteiger partial charge is 0.481 e. The number of aryl methyl sites for hydroxylation is 1. The first-order valence-corrected chi connectivity index (χ1v) is 6.15. The maximum Gasteiger partial charge on any atom is 0.307 e. The second-order valence-corrected chi connectivity index (χ2v) is 4.81. The molecular weight excluding hydrogens is 212 g/mol. The molecular formula is C15H18O2. The van der Waals surface area contributed by atoms with Gasteiger partial charge in [-0.05, 0) is 36.8 Å². The summed E-state index contributed by atoms with van der Waals surface area (Å²) in [6.07, 6.45) is 7.63. The summed E-state index contributed by atoms with van der Waals surface area (Å²) in [5.41, 5.74) is 3.78. The molecule has 1 aromatic rings. The molecule has 0 bridgehead atoms. The van der Waals surface area contributed by atoms with E-state index in [-0.39, 0.29) is 6.42 Å². The first-order chi connectivity index (χ1) is 8.15. The van der Waals surface area contributed by atoms with Gasteiger partial charge in [0.25, 0.3) is 0 Å². The van der Waals surface area contributed by atoms with Crippen LogP contribution >= 0.6 is 0 Å². The molecule has 17 heavy (non-hydrogen) atoms. The molecule has 1 aromatic carbocycles. The van der Waals surface area contributed by atoms with Crippen molar-refractivity contribution in [2.75, 3.05) is 0 Å². The summed E-state index contributed by atoms with van der Waals surface area (Å²) in [7, 11) is 0. The molecule has 1 fully saturated rings. The van der Waals surface area contributed by atoms with Crippen LogP contribution in [0.1, 0.15) is 48.3 Å². The molecule has 0 amide bonds. The Morgan fingerprint density at radius 1 is 1.41 bits per heavy atom. The highest BCUT2D eigenvalue weighted by Crippen LogP contribution is 2.37. The third-order valence-corrected chi connectivity index (χ3v) is 3.30. The van der Waals surface area contributed by atoms with E-state index in [0.29, 0.717) is 0 Å². The van der Waals surface area contributed by atoms with Gasteiger partial charge in [0.2, 0.25) is 0 Å². The van der Waals surface area contributed by atoms with Crippen LogP contribution < -0.4 is 0 Å². The summed E-state index contributed by atoms with van der Waals surface area (Å²) >= 11 is 0. The molecule has 0 heterocycles. The number of aliphatic carboxylic acids is 1. The first kappa shape index (κ1) is 11.9. The van der Waals surface area contributed by atoms with Gasteiger partial charge in [0, 0.05) is 0 Å². The van der Waals surface area contributed by atoms with Gasteiger partial charge in [0.15, 0.2) is 0 Å². The van der Waals surface area contributed by atoms with Crippen molar-refractivity contribution in [2.24, 2.45) is 0 Å². The van der Waals surface area contributed by atoms with Gasteiger partial charge in [-0.1, -0.05) is 42.3 Å². The van der Waals surface area contributed by atoms with Crippen molar-refractivity contribution in [1.29, 1.82) is 0 Å². The SMILES string of the molecule is Cc1cc(/C=C/CC(=O)O)cc(C2CCC2)c1. The molecule has 1 saturated carbocycles. The lowest BCUT2D eigenvalue weighted by Crippen LogP contribution is -2.08. The number of benzene rings is 1. The smallest absolute Gasteiger partial charge is 0.307 e. The Labute approximate surface area is 102 Å². The van der Waals surface area contributed by atoms with Crippen LogP contribution in [0.2, 0.25) is 0 Å². The number of carbonyl (C=O) groups is 1. The van der Waals surface area contributed by atoms with E-state index < -0.39 is 5.97 Å². The molecule has 0 aliphatic heterocycles. The predicted molar refractivity (Wildman–Crippen MR) is 69.1 cm³/mol. The van der Waals surface area contributed by atoms with Crippen LogP contribution in [0.5, 0.6) is 0 Å². The summed E-state index contributed by atoms with van der Waals surface area (Å²) in [6, 6.07) is 6.54. The Bertz CT molecular complexity index is 442. The van der Waals surface area contributed by atoms with Gasteiger partial charge in [-0.2, -0.15) is 0 Å². The van der Waals surface area contributed by atoms with Crippen molar-refractivity contribution in [1.82, 2.24) is 0 Å². The van der Waals surface area contributed by atoms with Gasteiger partial charge in [-0.3, -0.25) is 4.79 Å². The van der Waals surface area contributed by atoms with E-state index in [0.717, 1.165) is 11.5 Å². The van der Waals surface area contributed by atoms with Crippen molar-refractivity contribution in [3.8, 4) is 0 Å². The van der Waals surface area contributed by atoms with E-state index >= 15 is 0 Å². The quantitative estimate of drug-likeness (QED) is 0.855. The molecule has 0 atom stereocenters. The van der Waals surface area contributed by atoms with Crippen molar-refractivity contribution < 1.29 is 9.90 Å². The second-order valence-electron chi connectivity index (χ2n) is 4.81. The number of hydrogen-bond donors (Lipinski definition) is 1. The zero-order valence-corrected chi connectivity index (χ0v) is 10.1. The molecule has 0 unspecified atom stereocenters. The van der Waals surface area contributed by atoms with Gasteiger partial charge in [-0.25, -0.2) is 0 Å². The van der Waals surface area contributed by atoms with E-state index in [9.17, 15) is 4.79 Å². The van der Waals surface area contributed by atoms with E-state index in [4.69, 9.17) is 5.11 Å². The topological polar surface area (TPSA) is 37.3 Å². The molecule has 2 nitrogen and oxygen atoms in total. The van der Waals surface area contributed by atoms with Crippen LogP contribution in [-0.2, 0) is 4.79 Å². The fourth-order valence-corrected chi connectivity index (χ4v) is 2.21. The van der Waals surface area contributed by atoms with Gasteiger partial charge >= 0.3 is 5.97 Å². The Kier molecular flexibility index (Phi) is 3.62. The van der Waals surface area contributed by atoms with Crippen molar-refractivity contribution in [2.45, 2.75) is 38.5 Å². The average Bonchev–Trinajstić information content (AvgIpc) is 2.13. The summed E-state index contributed by atoms with van der Waals surface area (Å²) in [4.78, 5) is 10.4. The molecule has 1 aliphatic rings. The van der Waals surface area contributed by atoms with Crippen molar-refractivity contribution >= 4 is 12.0 Å². The minimum atomic E-state index is -0.784. The molecule has 0 saturated heterocycles. The van der Waals surface area contributed by atoms with Crippen LogP contribution in [0.15, 0.2) is 24.3 Å². The summed E-state index contributed by atoms with van der Waals surface area (Å²) in [5.74, 6) is -0.0605. The molecule has 2 rings (SSSR count). The zero-order valence-electron chi connectivity index (χ0n) is 10.1. The van der Waals surface area contributed by atoms with Crippen LogP contribution in [0, 0.1) is 6.92 Å². The lowest BCUT2D eigenvalue weighted by atomic mass is 9.79. The summed E-state index contributed by atoms with van der Waals surface area (Å²) in [6.45, 7) is 2.09. The van der Waals surface area contributed by atoms with Gasteiger partial charge in [-0.15, -0.1) is 0 Å². The fourth-order valence-electron chi connectivity index (χ4n) is 2.21. The minimum Gasteiger partial charge on any atom is -0.481 e.